The molecule has 0 N–H and O–H groups in total. The molecule has 0 aromatic carbocycles. The molecule has 0 amide bonds. The van der Waals surface area contributed by atoms with Crippen LogP contribution in [0, 0.1) is 5.92 Å². The van der Waals surface area contributed by atoms with Gasteiger partial charge in [-0.25, -0.2) is 0 Å². The molecule has 0 heterocycles. The second-order valence-corrected chi connectivity index (χ2v) is 1.87. The minimum absolute atomic E-state index is 0.845. The third-order valence-corrected chi connectivity index (χ3v) is 1.10. The van der Waals surface area contributed by atoms with Gasteiger partial charge in [0.15, 0.2) is 0 Å². The molecule has 0 aliphatic heterocycles. The Hall–Kier alpha value is -0.540. The Morgan fingerprint density at radius 2 is 1.78 bits per heavy atom. The van der Waals surface area contributed by atoms with Crippen LogP contribution in [0.1, 0.15) is 13.8 Å². The van der Waals surface area contributed by atoms with Crippen LogP contribution < -0.4 is 0 Å². The molecule has 54 valence electrons. The van der Waals surface area contributed by atoms with Gasteiger partial charge in [-0.1, -0.05) is 0 Å². The predicted octanol–water partition coefficient (Wildman–Crippen LogP) is 1.77. The number of carbonyl (C=O) groups excluding carboxylic acids is 1. The maximum atomic E-state index is 11.5. The number of alkyl halides is 3. The average molecular weight is 140 g/mol. The van der Waals surface area contributed by atoms with Gasteiger partial charge in [0.25, 0.3) is 0 Å². The van der Waals surface area contributed by atoms with Gasteiger partial charge in [-0.15, -0.1) is 0 Å². The quantitative estimate of drug-likeness (QED) is 0.542. The number of ketones is 1. The van der Waals surface area contributed by atoms with Crippen molar-refractivity contribution in [2.45, 2.75) is 20.0 Å². The van der Waals surface area contributed by atoms with Crippen LogP contribution in [0.4, 0.5) is 13.2 Å². The molecule has 4 heteroatoms. The SMILES string of the molecule is CC(=O)C(C)C(F)(F)F. The topological polar surface area (TPSA) is 17.1 Å². The van der Waals surface area contributed by atoms with Crippen molar-refractivity contribution in [2.24, 2.45) is 5.92 Å². The molecule has 0 aromatic rings. The number of halogens is 3. The maximum Gasteiger partial charge on any atom is 0.398 e. The summed E-state index contributed by atoms with van der Waals surface area (Å²) in [5.41, 5.74) is 0. The number of carbonyl (C=O) groups is 1. The van der Waals surface area contributed by atoms with Crippen molar-refractivity contribution >= 4 is 5.78 Å². The second-order valence-electron chi connectivity index (χ2n) is 1.87. The summed E-state index contributed by atoms with van der Waals surface area (Å²) >= 11 is 0. The highest BCUT2D eigenvalue weighted by atomic mass is 19.4. The fraction of sp³-hybridized carbons (Fsp3) is 0.800. The minimum atomic E-state index is -4.37. The van der Waals surface area contributed by atoms with E-state index in [1.807, 2.05) is 0 Å². The molecule has 0 rings (SSSR count). The molecule has 1 nitrogen and oxygen atoms in total. The van der Waals surface area contributed by atoms with E-state index in [4.69, 9.17) is 0 Å². The van der Waals surface area contributed by atoms with Crippen molar-refractivity contribution in [1.82, 2.24) is 0 Å². The highest BCUT2D eigenvalue weighted by Crippen LogP contribution is 2.25. The van der Waals surface area contributed by atoms with Crippen LogP contribution in [0.2, 0.25) is 0 Å². The van der Waals surface area contributed by atoms with E-state index in [9.17, 15) is 18.0 Å². The first-order valence-corrected chi connectivity index (χ1v) is 2.43. The first-order chi connectivity index (χ1) is 3.85. The Balaban J connectivity index is 4.04. The van der Waals surface area contributed by atoms with Crippen molar-refractivity contribution < 1.29 is 18.0 Å². The number of hydrogen-bond acceptors (Lipinski definition) is 1. The molecule has 1 unspecified atom stereocenters. The number of Topliss-reactive ketones (excluding diaryl/α,β-unsaturated/α-hetero) is 1. The Morgan fingerprint density at radius 1 is 1.44 bits per heavy atom. The van der Waals surface area contributed by atoms with E-state index in [2.05, 4.69) is 0 Å². The largest absolute Gasteiger partial charge is 0.398 e. The monoisotopic (exact) mass is 140 g/mol. The van der Waals surface area contributed by atoms with Gasteiger partial charge >= 0.3 is 6.18 Å². The van der Waals surface area contributed by atoms with E-state index in [1.165, 1.54) is 0 Å². The van der Waals surface area contributed by atoms with Crippen LogP contribution in [0.25, 0.3) is 0 Å². The van der Waals surface area contributed by atoms with Crippen LogP contribution >= 0.6 is 0 Å². The van der Waals surface area contributed by atoms with Crippen LogP contribution in [0.15, 0.2) is 0 Å². The third kappa shape index (κ3) is 2.49. The van der Waals surface area contributed by atoms with Crippen LogP contribution in [-0.2, 0) is 4.79 Å². The van der Waals surface area contributed by atoms with Gasteiger partial charge in [-0.05, 0) is 13.8 Å². The molecule has 0 bridgehead atoms. The summed E-state index contributed by atoms with van der Waals surface area (Å²) in [4.78, 5) is 10.1. The average Bonchev–Trinajstić information content (AvgIpc) is 1.62. The summed E-state index contributed by atoms with van der Waals surface area (Å²) in [6, 6.07) is 0. The Labute approximate surface area is 50.9 Å². The lowest BCUT2D eigenvalue weighted by atomic mass is 10.1. The first-order valence-electron chi connectivity index (χ1n) is 2.43. The van der Waals surface area contributed by atoms with Gasteiger partial charge in [-0.3, -0.25) is 4.79 Å². The van der Waals surface area contributed by atoms with Crippen LogP contribution in [0.5, 0.6) is 0 Å². The summed E-state index contributed by atoms with van der Waals surface area (Å²) in [6.07, 6.45) is -4.37. The van der Waals surface area contributed by atoms with E-state index in [1.54, 1.807) is 0 Å². The molecule has 0 saturated carbocycles. The number of rotatable bonds is 1. The predicted molar refractivity (Wildman–Crippen MR) is 25.9 cm³/mol. The third-order valence-electron chi connectivity index (χ3n) is 1.10. The molecule has 9 heavy (non-hydrogen) atoms. The normalized spacial score (nSPS) is 15.2. The highest BCUT2D eigenvalue weighted by molar-refractivity contribution is 5.78. The van der Waals surface area contributed by atoms with Gasteiger partial charge in [0, 0.05) is 0 Å². The molecular formula is C5H7F3O. The molecule has 1 atom stereocenters. The Morgan fingerprint density at radius 3 is 1.78 bits per heavy atom. The van der Waals surface area contributed by atoms with Gasteiger partial charge < -0.3 is 0 Å². The zero-order valence-corrected chi connectivity index (χ0v) is 5.12. The van der Waals surface area contributed by atoms with Crippen molar-refractivity contribution in [3.05, 3.63) is 0 Å². The van der Waals surface area contributed by atoms with Crippen molar-refractivity contribution in [3.8, 4) is 0 Å². The fourth-order valence-corrected chi connectivity index (χ4v) is 0.230. The van der Waals surface area contributed by atoms with E-state index in [0.29, 0.717) is 0 Å². The van der Waals surface area contributed by atoms with Crippen LogP contribution in [-0.4, -0.2) is 12.0 Å². The summed E-state index contributed by atoms with van der Waals surface area (Å²) < 4.78 is 34.4. The molecular weight excluding hydrogens is 133 g/mol. The standard InChI is InChI=1S/C5H7F3O/c1-3(4(2)9)5(6,7)8/h3H,1-2H3. The van der Waals surface area contributed by atoms with Crippen molar-refractivity contribution in [1.29, 1.82) is 0 Å². The lowest BCUT2D eigenvalue weighted by molar-refractivity contribution is -0.176. The molecule has 0 aliphatic rings. The minimum Gasteiger partial charge on any atom is -0.299 e. The molecule has 0 fully saturated rings. The lowest BCUT2D eigenvalue weighted by Gasteiger charge is -2.10. The lowest BCUT2D eigenvalue weighted by Crippen LogP contribution is -2.25. The van der Waals surface area contributed by atoms with Gasteiger partial charge in [0.05, 0.1) is 0 Å². The highest BCUT2D eigenvalue weighted by Gasteiger charge is 2.38. The summed E-state index contributed by atoms with van der Waals surface area (Å²) in [5.74, 6) is -2.67. The summed E-state index contributed by atoms with van der Waals surface area (Å²) in [5, 5.41) is 0. The van der Waals surface area contributed by atoms with E-state index >= 15 is 0 Å². The molecule has 0 saturated heterocycles. The Bertz CT molecular complexity index is 116. The van der Waals surface area contributed by atoms with E-state index in [0.717, 1.165) is 13.8 Å². The van der Waals surface area contributed by atoms with Crippen LogP contribution in [0.3, 0.4) is 0 Å². The van der Waals surface area contributed by atoms with E-state index in [-0.39, 0.29) is 0 Å². The second kappa shape index (κ2) is 2.37. The number of hydrogen-bond donors (Lipinski definition) is 0. The summed E-state index contributed by atoms with van der Waals surface area (Å²) in [6.45, 7) is 1.78. The van der Waals surface area contributed by atoms with Gasteiger partial charge in [0.1, 0.15) is 11.7 Å². The van der Waals surface area contributed by atoms with Crippen molar-refractivity contribution in [3.63, 3.8) is 0 Å². The smallest absolute Gasteiger partial charge is 0.299 e. The zero-order valence-electron chi connectivity index (χ0n) is 5.12. The van der Waals surface area contributed by atoms with Gasteiger partial charge in [-0.2, -0.15) is 13.2 Å². The fourth-order valence-electron chi connectivity index (χ4n) is 0.230. The summed E-state index contributed by atoms with van der Waals surface area (Å²) in [7, 11) is 0. The van der Waals surface area contributed by atoms with Crippen molar-refractivity contribution in [2.75, 3.05) is 0 Å². The first kappa shape index (κ1) is 8.46. The van der Waals surface area contributed by atoms with E-state index < -0.39 is 17.9 Å². The zero-order chi connectivity index (χ0) is 7.65. The van der Waals surface area contributed by atoms with Gasteiger partial charge in [0.2, 0.25) is 0 Å². The maximum absolute atomic E-state index is 11.5. The molecule has 0 aromatic heterocycles. The molecule has 0 aliphatic carbocycles. The Kier molecular flexibility index (Phi) is 2.23. The molecule has 0 spiro atoms. The molecule has 0 radical (unpaired) electrons.